The van der Waals surface area contributed by atoms with Crippen molar-refractivity contribution in [1.29, 1.82) is 0 Å². The van der Waals surface area contributed by atoms with E-state index in [0.717, 1.165) is 31.1 Å². The highest BCUT2D eigenvalue weighted by Gasteiger charge is 2.19. The molecule has 1 saturated carbocycles. The van der Waals surface area contributed by atoms with Crippen molar-refractivity contribution in [2.24, 2.45) is 5.92 Å². The van der Waals surface area contributed by atoms with Crippen LogP contribution >= 0.6 is 0 Å². The van der Waals surface area contributed by atoms with Gasteiger partial charge in [0.25, 0.3) is 0 Å². The van der Waals surface area contributed by atoms with Crippen molar-refractivity contribution in [1.82, 2.24) is 20.3 Å². The molecule has 0 radical (unpaired) electrons. The molecule has 1 aliphatic rings. The van der Waals surface area contributed by atoms with Crippen LogP contribution in [0.4, 0.5) is 0 Å². The average Bonchev–Trinajstić information content (AvgIpc) is 2.91. The number of aromatic nitrogens is 3. The Labute approximate surface area is 115 Å². The van der Waals surface area contributed by atoms with Crippen LogP contribution in [-0.4, -0.2) is 32.7 Å². The fourth-order valence-electron chi connectivity index (χ4n) is 2.83. The van der Waals surface area contributed by atoms with Crippen LogP contribution in [0.3, 0.4) is 0 Å². The van der Waals surface area contributed by atoms with E-state index in [1.165, 1.54) is 32.1 Å². The third kappa shape index (κ3) is 4.58. The Morgan fingerprint density at radius 3 is 2.95 bits per heavy atom. The van der Waals surface area contributed by atoms with E-state index in [2.05, 4.69) is 22.6 Å². The van der Waals surface area contributed by atoms with E-state index in [-0.39, 0.29) is 6.61 Å². The van der Waals surface area contributed by atoms with E-state index >= 15 is 0 Å². The minimum absolute atomic E-state index is 0.201. The van der Waals surface area contributed by atoms with Crippen molar-refractivity contribution in [3.8, 4) is 0 Å². The van der Waals surface area contributed by atoms with E-state index in [1.807, 2.05) is 6.20 Å². The molecule has 2 N–H and O–H groups in total. The third-order valence-electron chi connectivity index (χ3n) is 4.09. The molecule has 108 valence electrons. The second-order valence-electron chi connectivity index (χ2n) is 5.62. The first-order valence-electron chi connectivity index (χ1n) is 7.53. The number of hydrogen-bond donors (Lipinski definition) is 2. The summed E-state index contributed by atoms with van der Waals surface area (Å²) in [5.41, 5.74) is 0.987. The van der Waals surface area contributed by atoms with Crippen LogP contribution in [0, 0.1) is 5.92 Å². The van der Waals surface area contributed by atoms with Gasteiger partial charge in [-0.3, -0.25) is 4.68 Å². The monoisotopic (exact) mass is 266 g/mol. The second-order valence-corrected chi connectivity index (χ2v) is 5.62. The van der Waals surface area contributed by atoms with Crippen molar-refractivity contribution in [3.63, 3.8) is 0 Å². The van der Waals surface area contributed by atoms with Crippen LogP contribution in [0.2, 0.25) is 0 Å². The highest BCUT2D eigenvalue weighted by molar-refractivity contribution is 4.92. The molecule has 1 atom stereocenters. The van der Waals surface area contributed by atoms with Gasteiger partial charge in [0.15, 0.2) is 0 Å². The van der Waals surface area contributed by atoms with Crippen LogP contribution < -0.4 is 5.32 Å². The highest BCUT2D eigenvalue weighted by Crippen LogP contribution is 2.26. The first kappa shape index (κ1) is 14.5. The van der Waals surface area contributed by atoms with Gasteiger partial charge in [-0.15, -0.1) is 5.10 Å². The predicted molar refractivity (Wildman–Crippen MR) is 74.6 cm³/mol. The first-order chi connectivity index (χ1) is 9.29. The number of hydrogen-bond acceptors (Lipinski definition) is 4. The van der Waals surface area contributed by atoms with E-state index in [4.69, 9.17) is 5.11 Å². The lowest BCUT2D eigenvalue weighted by atomic mass is 9.84. The van der Waals surface area contributed by atoms with E-state index in [0.29, 0.717) is 6.04 Å². The molecular weight excluding hydrogens is 240 g/mol. The summed E-state index contributed by atoms with van der Waals surface area (Å²) in [7, 11) is 0. The molecule has 1 aromatic heterocycles. The van der Waals surface area contributed by atoms with Gasteiger partial charge in [0, 0.05) is 31.9 Å². The minimum atomic E-state index is 0.201. The summed E-state index contributed by atoms with van der Waals surface area (Å²) in [5, 5.41) is 20.6. The molecule has 19 heavy (non-hydrogen) atoms. The summed E-state index contributed by atoms with van der Waals surface area (Å²) in [6.45, 7) is 4.01. The Kier molecular flexibility index (Phi) is 5.79. The van der Waals surface area contributed by atoms with Crippen molar-refractivity contribution < 1.29 is 5.11 Å². The van der Waals surface area contributed by atoms with Gasteiger partial charge < -0.3 is 10.4 Å². The van der Waals surface area contributed by atoms with E-state index < -0.39 is 0 Å². The smallest absolute Gasteiger partial charge is 0.0964 e. The third-order valence-corrected chi connectivity index (χ3v) is 4.09. The van der Waals surface area contributed by atoms with Crippen LogP contribution in [-0.2, 0) is 13.1 Å². The normalized spacial score (nSPS) is 18.6. The zero-order valence-corrected chi connectivity index (χ0v) is 11.9. The van der Waals surface area contributed by atoms with Crippen LogP contribution in [0.5, 0.6) is 0 Å². The summed E-state index contributed by atoms with van der Waals surface area (Å²) >= 11 is 0. The lowest BCUT2D eigenvalue weighted by molar-refractivity contribution is 0.276. The summed E-state index contributed by atoms with van der Waals surface area (Å²) in [4.78, 5) is 0. The van der Waals surface area contributed by atoms with Crippen molar-refractivity contribution in [2.45, 2.75) is 64.6 Å². The molecular formula is C14H26N4O. The first-order valence-corrected chi connectivity index (χ1v) is 7.53. The van der Waals surface area contributed by atoms with Gasteiger partial charge in [0.05, 0.1) is 5.69 Å². The van der Waals surface area contributed by atoms with Gasteiger partial charge in [-0.25, -0.2) is 0 Å². The second kappa shape index (κ2) is 7.60. The maximum Gasteiger partial charge on any atom is 0.0964 e. The Hall–Kier alpha value is -0.940. The molecule has 5 nitrogen and oxygen atoms in total. The minimum Gasteiger partial charge on any atom is -0.396 e. The highest BCUT2D eigenvalue weighted by atomic mass is 16.3. The summed E-state index contributed by atoms with van der Waals surface area (Å²) in [5.74, 6) is 0.818. The molecule has 0 aliphatic heterocycles. The maximum atomic E-state index is 8.78. The van der Waals surface area contributed by atoms with Crippen LogP contribution in [0.1, 0.15) is 51.1 Å². The summed E-state index contributed by atoms with van der Waals surface area (Å²) in [6, 6.07) is 0.558. The number of rotatable bonds is 7. The van der Waals surface area contributed by atoms with Crippen molar-refractivity contribution in [2.75, 3.05) is 6.61 Å². The number of aliphatic hydroxyl groups is 1. The van der Waals surface area contributed by atoms with Gasteiger partial charge in [0.1, 0.15) is 0 Å². The lowest BCUT2D eigenvalue weighted by Crippen LogP contribution is -2.34. The molecule has 1 fully saturated rings. The van der Waals surface area contributed by atoms with E-state index in [9.17, 15) is 0 Å². The van der Waals surface area contributed by atoms with Gasteiger partial charge >= 0.3 is 0 Å². The Morgan fingerprint density at radius 1 is 1.42 bits per heavy atom. The molecule has 1 heterocycles. The van der Waals surface area contributed by atoms with Crippen molar-refractivity contribution in [3.05, 3.63) is 11.9 Å². The lowest BCUT2D eigenvalue weighted by Gasteiger charge is -2.28. The SMILES string of the molecule is C[C@H](NCc1cn(CCCO)nn1)C1CCCCC1. The largest absolute Gasteiger partial charge is 0.396 e. The summed E-state index contributed by atoms with van der Waals surface area (Å²) < 4.78 is 1.80. The molecule has 1 aliphatic carbocycles. The standard InChI is InChI=1S/C14H26N4O/c1-12(13-6-3-2-4-7-13)15-10-14-11-18(17-16-14)8-5-9-19/h11-13,15,19H,2-10H2,1H3/t12-/m0/s1. The van der Waals surface area contributed by atoms with Gasteiger partial charge in [-0.2, -0.15) is 0 Å². The molecule has 5 heteroatoms. The molecule has 0 aromatic carbocycles. The topological polar surface area (TPSA) is 63.0 Å². The summed E-state index contributed by atoms with van der Waals surface area (Å²) in [6.07, 6.45) is 9.59. The quantitative estimate of drug-likeness (QED) is 0.789. The fourth-order valence-corrected chi connectivity index (χ4v) is 2.83. The van der Waals surface area contributed by atoms with Crippen LogP contribution in [0.25, 0.3) is 0 Å². The number of nitrogens with zero attached hydrogens (tertiary/aromatic N) is 3. The van der Waals surface area contributed by atoms with Gasteiger partial charge in [-0.05, 0) is 32.1 Å². The zero-order chi connectivity index (χ0) is 13.5. The molecule has 0 spiro atoms. The van der Waals surface area contributed by atoms with Gasteiger partial charge in [0.2, 0.25) is 0 Å². The zero-order valence-electron chi connectivity index (χ0n) is 11.9. The molecule has 0 amide bonds. The molecule has 0 bridgehead atoms. The van der Waals surface area contributed by atoms with E-state index in [1.54, 1.807) is 4.68 Å². The predicted octanol–water partition coefficient (Wildman–Crippen LogP) is 1.72. The number of nitrogens with one attached hydrogen (secondary N) is 1. The molecule has 0 saturated heterocycles. The number of aryl methyl sites for hydroxylation is 1. The molecule has 2 rings (SSSR count). The Balaban J connectivity index is 1.73. The van der Waals surface area contributed by atoms with Gasteiger partial charge in [-0.1, -0.05) is 24.5 Å². The molecule has 0 unspecified atom stereocenters. The fraction of sp³-hybridized carbons (Fsp3) is 0.857. The maximum absolute atomic E-state index is 8.78. The Bertz CT molecular complexity index is 360. The van der Waals surface area contributed by atoms with Crippen LogP contribution in [0.15, 0.2) is 6.20 Å². The van der Waals surface area contributed by atoms with Crippen molar-refractivity contribution >= 4 is 0 Å². The Morgan fingerprint density at radius 2 is 2.21 bits per heavy atom. The average molecular weight is 266 g/mol. The number of aliphatic hydroxyl groups excluding tert-OH is 1. The molecule has 1 aromatic rings.